The largest absolute Gasteiger partial charge is 0.323 e. The summed E-state index contributed by atoms with van der Waals surface area (Å²) in [5.41, 5.74) is 6.61. The van der Waals surface area contributed by atoms with E-state index in [-0.39, 0.29) is 11.8 Å². The van der Waals surface area contributed by atoms with Gasteiger partial charge >= 0.3 is 0 Å². The zero-order valence-electron chi connectivity index (χ0n) is 9.06. The van der Waals surface area contributed by atoms with Gasteiger partial charge in [-0.25, -0.2) is 8.42 Å². The average molecular weight is 263 g/mol. The molecule has 1 unspecified atom stereocenters. The number of nitrogens with two attached hydrogens (primary N) is 1. The van der Waals surface area contributed by atoms with Crippen molar-refractivity contribution < 1.29 is 8.42 Å². The summed E-state index contributed by atoms with van der Waals surface area (Å²) in [4.78, 5) is 4.09. The number of rotatable bonds is 5. The van der Waals surface area contributed by atoms with Crippen LogP contribution in [0.25, 0.3) is 0 Å². The molecular formula is C10H15ClN2O2S. The molecule has 0 saturated heterocycles. The van der Waals surface area contributed by atoms with Crippen molar-refractivity contribution in [3.05, 3.63) is 29.0 Å². The number of sulfone groups is 1. The number of pyridine rings is 1. The van der Waals surface area contributed by atoms with Gasteiger partial charge < -0.3 is 5.73 Å². The molecule has 0 aromatic carbocycles. The molecule has 0 aliphatic carbocycles. The molecule has 0 aliphatic heterocycles. The van der Waals surface area contributed by atoms with Gasteiger partial charge in [-0.1, -0.05) is 11.6 Å². The molecule has 1 aromatic heterocycles. The molecule has 90 valence electrons. The van der Waals surface area contributed by atoms with Crippen molar-refractivity contribution in [2.24, 2.45) is 5.73 Å². The molecule has 6 heteroatoms. The van der Waals surface area contributed by atoms with Gasteiger partial charge in [-0.15, -0.1) is 0 Å². The molecule has 1 aromatic rings. The molecule has 0 aliphatic rings. The molecule has 4 nitrogen and oxygen atoms in total. The van der Waals surface area contributed by atoms with Crippen molar-refractivity contribution >= 4 is 21.4 Å². The van der Waals surface area contributed by atoms with Crippen molar-refractivity contribution in [1.29, 1.82) is 0 Å². The Bertz CT molecular complexity index is 431. The van der Waals surface area contributed by atoms with Crippen LogP contribution in [-0.4, -0.2) is 25.4 Å². The lowest BCUT2D eigenvalue weighted by Gasteiger charge is -2.10. The van der Waals surface area contributed by atoms with Crippen LogP contribution in [0.5, 0.6) is 0 Å². The lowest BCUT2D eigenvalue weighted by atomic mass is 10.1. The molecule has 0 radical (unpaired) electrons. The van der Waals surface area contributed by atoms with Crippen LogP contribution in [0.3, 0.4) is 0 Å². The van der Waals surface area contributed by atoms with Gasteiger partial charge in [0.1, 0.15) is 9.84 Å². The first-order chi connectivity index (χ1) is 7.38. The van der Waals surface area contributed by atoms with E-state index >= 15 is 0 Å². The maximum atomic E-state index is 10.9. The van der Waals surface area contributed by atoms with Gasteiger partial charge in [-0.3, -0.25) is 4.98 Å². The Balaban J connectivity index is 2.47. The fourth-order valence-electron chi connectivity index (χ4n) is 1.32. The van der Waals surface area contributed by atoms with Gasteiger partial charge in [0.2, 0.25) is 0 Å². The van der Waals surface area contributed by atoms with Crippen LogP contribution < -0.4 is 5.73 Å². The highest BCUT2D eigenvalue weighted by molar-refractivity contribution is 7.90. The summed E-state index contributed by atoms with van der Waals surface area (Å²) in [5.74, 6) is 0.161. The molecule has 0 bridgehead atoms. The van der Waals surface area contributed by atoms with E-state index < -0.39 is 9.84 Å². The molecule has 1 rings (SSSR count). The zero-order chi connectivity index (χ0) is 12.2. The first-order valence-electron chi connectivity index (χ1n) is 4.93. The van der Waals surface area contributed by atoms with Crippen LogP contribution >= 0.6 is 11.6 Å². The fraction of sp³-hybridized carbons (Fsp3) is 0.500. The minimum Gasteiger partial charge on any atom is -0.323 e. The van der Waals surface area contributed by atoms with Gasteiger partial charge in [0.25, 0.3) is 0 Å². The lowest BCUT2D eigenvalue weighted by molar-refractivity contribution is 0.584. The predicted molar refractivity (Wildman–Crippen MR) is 65.1 cm³/mol. The second kappa shape index (κ2) is 5.61. The van der Waals surface area contributed by atoms with E-state index in [1.165, 1.54) is 12.5 Å². The highest BCUT2D eigenvalue weighted by Gasteiger charge is 2.09. The molecule has 0 saturated carbocycles. The predicted octanol–water partition coefficient (Wildman–Crippen LogP) is 1.56. The number of aromatic nitrogens is 1. The minimum absolute atomic E-state index is 0.161. The summed E-state index contributed by atoms with van der Waals surface area (Å²) in [5, 5.41) is 0.562. The third-order valence-corrected chi connectivity index (χ3v) is 3.41. The topological polar surface area (TPSA) is 73.0 Å². The average Bonchev–Trinajstić information content (AvgIpc) is 2.16. The van der Waals surface area contributed by atoms with Crippen molar-refractivity contribution in [3.8, 4) is 0 Å². The van der Waals surface area contributed by atoms with E-state index in [1.54, 1.807) is 12.1 Å². The van der Waals surface area contributed by atoms with Crippen LogP contribution in [0.1, 0.15) is 24.6 Å². The Labute approximate surface area is 101 Å². The summed E-state index contributed by atoms with van der Waals surface area (Å²) in [6, 6.07) is 3.24. The molecule has 2 N–H and O–H groups in total. The lowest BCUT2D eigenvalue weighted by Crippen LogP contribution is -2.14. The van der Waals surface area contributed by atoms with Gasteiger partial charge in [-0.2, -0.15) is 0 Å². The number of halogens is 1. The zero-order valence-corrected chi connectivity index (χ0v) is 10.6. The summed E-state index contributed by atoms with van der Waals surface area (Å²) in [7, 11) is -2.91. The first kappa shape index (κ1) is 13.4. The summed E-state index contributed by atoms with van der Waals surface area (Å²) in [6.45, 7) is 0. The van der Waals surface area contributed by atoms with Crippen LogP contribution in [-0.2, 0) is 9.84 Å². The highest BCUT2D eigenvalue weighted by atomic mass is 35.5. The van der Waals surface area contributed by atoms with E-state index in [0.29, 0.717) is 17.9 Å². The molecule has 1 atom stereocenters. The Morgan fingerprint density at radius 3 is 2.69 bits per heavy atom. The summed E-state index contributed by atoms with van der Waals surface area (Å²) < 4.78 is 21.8. The Hall–Kier alpha value is -0.650. The number of hydrogen-bond donors (Lipinski definition) is 1. The van der Waals surface area contributed by atoms with Crippen molar-refractivity contribution in [2.45, 2.75) is 18.9 Å². The second-order valence-corrected chi connectivity index (χ2v) is 6.48. The van der Waals surface area contributed by atoms with Crippen LogP contribution in [0, 0.1) is 0 Å². The van der Waals surface area contributed by atoms with E-state index in [1.807, 2.05) is 0 Å². The quantitative estimate of drug-likeness (QED) is 0.874. The first-order valence-corrected chi connectivity index (χ1v) is 7.37. The Morgan fingerprint density at radius 1 is 1.50 bits per heavy atom. The van der Waals surface area contributed by atoms with Gasteiger partial charge in [0, 0.05) is 24.2 Å². The summed E-state index contributed by atoms with van der Waals surface area (Å²) in [6.07, 6.45) is 3.90. The number of hydrogen-bond acceptors (Lipinski definition) is 4. The third kappa shape index (κ3) is 4.92. The molecular weight excluding hydrogens is 248 g/mol. The molecule has 1 heterocycles. The van der Waals surface area contributed by atoms with Crippen LogP contribution in [0.4, 0.5) is 0 Å². The smallest absolute Gasteiger partial charge is 0.147 e. The SMILES string of the molecule is CS(=O)(=O)CCCC(N)c1ccc(Cl)cn1. The number of nitrogens with zero attached hydrogens (tertiary/aromatic N) is 1. The maximum absolute atomic E-state index is 10.9. The summed E-state index contributed by atoms with van der Waals surface area (Å²) >= 11 is 5.70. The standard InChI is InChI=1S/C10H15ClN2O2S/c1-16(14,15)6-2-3-9(12)10-5-4-8(11)7-13-10/h4-5,7,9H,2-3,6,12H2,1H3. The molecule has 0 fully saturated rings. The van der Waals surface area contributed by atoms with Gasteiger partial charge in [0.15, 0.2) is 0 Å². The van der Waals surface area contributed by atoms with Crippen molar-refractivity contribution in [2.75, 3.05) is 12.0 Å². The van der Waals surface area contributed by atoms with Crippen LogP contribution in [0.2, 0.25) is 5.02 Å². The third-order valence-electron chi connectivity index (χ3n) is 2.16. The fourth-order valence-corrected chi connectivity index (χ4v) is 2.12. The van der Waals surface area contributed by atoms with Crippen molar-refractivity contribution in [3.63, 3.8) is 0 Å². The molecule has 16 heavy (non-hydrogen) atoms. The van der Waals surface area contributed by atoms with Crippen LogP contribution in [0.15, 0.2) is 18.3 Å². The van der Waals surface area contributed by atoms with Crippen molar-refractivity contribution in [1.82, 2.24) is 4.98 Å². The van der Waals surface area contributed by atoms with E-state index in [4.69, 9.17) is 17.3 Å². The Morgan fingerprint density at radius 2 is 2.19 bits per heavy atom. The van der Waals surface area contributed by atoms with E-state index in [9.17, 15) is 8.42 Å². The maximum Gasteiger partial charge on any atom is 0.147 e. The second-order valence-electron chi connectivity index (χ2n) is 3.78. The minimum atomic E-state index is -2.91. The van der Waals surface area contributed by atoms with Gasteiger partial charge in [0.05, 0.1) is 10.7 Å². The molecule has 0 amide bonds. The Kier molecular flexibility index (Phi) is 4.70. The van der Waals surface area contributed by atoms with E-state index in [2.05, 4.69) is 4.98 Å². The highest BCUT2D eigenvalue weighted by Crippen LogP contribution is 2.15. The van der Waals surface area contributed by atoms with Gasteiger partial charge in [-0.05, 0) is 25.0 Å². The monoisotopic (exact) mass is 262 g/mol. The normalized spacial score (nSPS) is 13.7. The molecule has 0 spiro atoms. The van der Waals surface area contributed by atoms with E-state index in [0.717, 1.165) is 5.69 Å².